The van der Waals surface area contributed by atoms with Crippen molar-refractivity contribution in [2.75, 3.05) is 6.61 Å². The molecule has 2 N–H and O–H groups in total. The van der Waals surface area contributed by atoms with E-state index < -0.39 is 0 Å². The molecule has 6 nitrogen and oxygen atoms in total. The third kappa shape index (κ3) is 3.24. The molecule has 3 heterocycles. The number of aromatic amines is 1. The van der Waals surface area contributed by atoms with Crippen molar-refractivity contribution in [1.82, 2.24) is 20.3 Å². The van der Waals surface area contributed by atoms with Gasteiger partial charge < -0.3 is 15.0 Å². The number of pyridine rings is 1. The van der Waals surface area contributed by atoms with E-state index in [1.54, 1.807) is 17.5 Å². The van der Waals surface area contributed by atoms with Gasteiger partial charge in [0.15, 0.2) is 10.7 Å². The van der Waals surface area contributed by atoms with Crippen LogP contribution >= 0.6 is 11.3 Å². The highest BCUT2D eigenvalue weighted by Gasteiger charge is 2.46. The summed E-state index contributed by atoms with van der Waals surface area (Å²) >= 11 is 1.58. The SMILES string of the molecule is CCOc1ccc([C@@H](C)NC(=O)C2CC2c2nc3ncccc3[nH]2)s1. The first kappa shape index (κ1) is 16.1. The molecule has 0 bridgehead atoms. The molecule has 25 heavy (non-hydrogen) atoms. The van der Waals surface area contributed by atoms with E-state index in [2.05, 4.69) is 20.3 Å². The summed E-state index contributed by atoms with van der Waals surface area (Å²) in [6.07, 6.45) is 2.55. The minimum Gasteiger partial charge on any atom is -0.484 e. The van der Waals surface area contributed by atoms with Crippen molar-refractivity contribution in [2.45, 2.75) is 32.2 Å². The van der Waals surface area contributed by atoms with E-state index in [1.807, 2.05) is 38.1 Å². The van der Waals surface area contributed by atoms with Crippen LogP contribution in [0.5, 0.6) is 5.06 Å². The molecule has 1 aliphatic rings. The molecular weight excluding hydrogens is 336 g/mol. The van der Waals surface area contributed by atoms with Crippen LogP contribution in [0.1, 0.15) is 42.9 Å². The number of aromatic nitrogens is 3. The Hall–Kier alpha value is -2.41. The molecule has 4 rings (SSSR count). The first-order valence-corrected chi connectivity index (χ1v) is 9.31. The zero-order chi connectivity index (χ0) is 17.4. The first-order chi connectivity index (χ1) is 12.2. The summed E-state index contributed by atoms with van der Waals surface area (Å²) in [6.45, 7) is 4.62. The Kier molecular flexibility index (Phi) is 4.17. The molecular formula is C18H20N4O2S. The van der Waals surface area contributed by atoms with E-state index in [4.69, 9.17) is 4.74 Å². The number of fused-ring (bicyclic) bond motifs is 1. The molecule has 2 unspecified atom stereocenters. The smallest absolute Gasteiger partial charge is 0.224 e. The van der Waals surface area contributed by atoms with Crippen LogP contribution in [0.2, 0.25) is 0 Å². The Bertz CT molecular complexity index is 870. The normalized spacial score (nSPS) is 20.4. The maximum absolute atomic E-state index is 12.5. The third-order valence-corrected chi connectivity index (χ3v) is 5.61. The van der Waals surface area contributed by atoms with Gasteiger partial charge in [0, 0.05) is 22.9 Å². The monoisotopic (exact) mass is 356 g/mol. The molecule has 0 aromatic carbocycles. The summed E-state index contributed by atoms with van der Waals surface area (Å²) < 4.78 is 5.49. The number of thiophene rings is 1. The zero-order valence-electron chi connectivity index (χ0n) is 14.2. The van der Waals surface area contributed by atoms with Crippen molar-refractivity contribution < 1.29 is 9.53 Å². The summed E-state index contributed by atoms with van der Waals surface area (Å²) in [5.41, 5.74) is 1.62. The van der Waals surface area contributed by atoms with Gasteiger partial charge in [-0.2, -0.15) is 0 Å². The number of nitrogens with one attached hydrogen (secondary N) is 2. The lowest BCUT2D eigenvalue weighted by atomic mass is 10.2. The van der Waals surface area contributed by atoms with Gasteiger partial charge in [-0.25, -0.2) is 9.97 Å². The van der Waals surface area contributed by atoms with Crippen molar-refractivity contribution in [3.05, 3.63) is 41.2 Å². The van der Waals surface area contributed by atoms with Crippen molar-refractivity contribution in [1.29, 1.82) is 0 Å². The molecule has 3 aromatic rings. The summed E-state index contributed by atoms with van der Waals surface area (Å²) in [5, 5.41) is 3.99. The van der Waals surface area contributed by atoms with E-state index >= 15 is 0 Å². The Balaban J connectivity index is 1.38. The van der Waals surface area contributed by atoms with E-state index in [1.165, 1.54) is 0 Å². The van der Waals surface area contributed by atoms with Crippen LogP contribution in [-0.2, 0) is 4.79 Å². The van der Waals surface area contributed by atoms with Crippen molar-refractivity contribution in [2.24, 2.45) is 5.92 Å². The van der Waals surface area contributed by atoms with E-state index in [-0.39, 0.29) is 23.8 Å². The quantitative estimate of drug-likeness (QED) is 0.709. The topological polar surface area (TPSA) is 79.9 Å². The fourth-order valence-corrected chi connectivity index (χ4v) is 3.92. The second-order valence-corrected chi connectivity index (χ2v) is 7.34. The van der Waals surface area contributed by atoms with Gasteiger partial charge in [-0.05, 0) is 44.5 Å². The Morgan fingerprint density at radius 3 is 3.16 bits per heavy atom. The number of carbonyl (C=O) groups is 1. The summed E-state index contributed by atoms with van der Waals surface area (Å²) in [4.78, 5) is 25.6. The van der Waals surface area contributed by atoms with E-state index in [0.717, 1.165) is 27.7 Å². The Morgan fingerprint density at radius 2 is 2.36 bits per heavy atom. The second-order valence-electron chi connectivity index (χ2n) is 6.27. The van der Waals surface area contributed by atoms with Crippen LogP contribution in [0.15, 0.2) is 30.5 Å². The summed E-state index contributed by atoms with van der Waals surface area (Å²) in [7, 11) is 0. The molecule has 0 radical (unpaired) electrons. The number of H-pyrrole nitrogens is 1. The van der Waals surface area contributed by atoms with Crippen LogP contribution in [0.25, 0.3) is 11.2 Å². The van der Waals surface area contributed by atoms with Crippen LogP contribution in [0, 0.1) is 5.92 Å². The van der Waals surface area contributed by atoms with E-state index in [9.17, 15) is 4.79 Å². The standard InChI is InChI=1S/C18H20N4O2S/c1-3-24-15-7-6-14(25-15)10(2)20-18(23)12-9-11(12)16-21-13-5-4-8-19-17(13)22-16/h4-8,10-12H,3,9H2,1-2H3,(H,20,23)(H,19,21,22)/t10-,11?,12?/m1/s1. The molecule has 0 spiro atoms. The predicted molar refractivity (Wildman–Crippen MR) is 96.8 cm³/mol. The van der Waals surface area contributed by atoms with Gasteiger partial charge in [0.2, 0.25) is 5.91 Å². The average Bonchev–Trinajstić information content (AvgIpc) is 3.07. The summed E-state index contributed by atoms with van der Waals surface area (Å²) in [5.74, 6) is 1.08. The second kappa shape index (κ2) is 6.48. The number of ether oxygens (including phenoxy) is 1. The number of nitrogens with zero attached hydrogens (tertiary/aromatic N) is 2. The highest BCUT2D eigenvalue weighted by Crippen LogP contribution is 2.47. The number of amides is 1. The molecule has 1 saturated carbocycles. The van der Waals surface area contributed by atoms with Crippen molar-refractivity contribution >= 4 is 28.4 Å². The number of hydrogen-bond donors (Lipinski definition) is 2. The molecule has 1 fully saturated rings. The molecule has 7 heteroatoms. The van der Waals surface area contributed by atoms with Crippen molar-refractivity contribution in [3.8, 4) is 5.06 Å². The molecule has 0 aliphatic heterocycles. The van der Waals surface area contributed by atoms with Crippen LogP contribution < -0.4 is 10.1 Å². The lowest BCUT2D eigenvalue weighted by molar-refractivity contribution is -0.123. The molecule has 3 aromatic heterocycles. The number of hydrogen-bond acceptors (Lipinski definition) is 5. The molecule has 130 valence electrons. The van der Waals surface area contributed by atoms with Gasteiger partial charge in [-0.15, -0.1) is 11.3 Å². The van der Waals surface area contributed by atoms with Crippen LogP contribution in [0.3, 0.4) is 0 Å². The lowest BCUT2D eigenvalue weighted by Gasteiger charge is -2.11. The number of carbonyl (C=O) groups excluding carboxylic acids is 1. The molecule has 0 saturated heterocycles. The highest BCUT2D eigenvalue weighted by atomic mass is 32.1. The third-order valence-electron chi connectivity index (χ3n) is 4.43. The molecule has 1 amide bonds. The lowest BCUT2D eigenvalue weighted by Crippen LogP contribution is -2.28. The largest absolute Gasteiger partial charge is 0.484 e. The van der Waals surface area contributed by atoms with Gasteiger partial charge in [0.1, 0.15) is 5.82 Å². The maximum atomic E-state index is 12.5. The fraction of sp³-hybridized carbons (Fsp3) is 0.389. The van der Waals surface area contributed by atoms with Gasteiger partial charge in [0.05, 0.1) is 18.2 Å². The molecule has 1 aliphatic carbocycles. The minimum absolute atomic E-state index is 0.0191. The number of rotatable bonds is 6. The predicted octanol–water partition coefficient (Wildman–Crippen LogP) is 3.40. The average molecular weight is 356 g/mol. The van der Waals surface area contributed by atoms with Crippen LogP contribution in [0.4, 0.5) is 0 Å². The van der Waals surface area contributed by atoms with Gasteiger partial charge in [-0.3, -0.25) is 4.79 Å². The summed E-state index contributed by atoms with van der Waals surface area (Å²) in [6, 6.07) is 7.76. The van der Waals surface area contributed by atoms with Crippen molar-refractivity contribution in [3.63, 3.8) is 0 Å². The first-order valence-electron chi connectivity index (χ1n) is 8.49. The Morgan fingerprint density at radius 1 is 1.48 bits per heavy atom. The zero-order valence-corrected chi connectivity index (χ0v) is 15.0. The minimum atomic E-state index is -0.0229. The van der Waals surface area contributed by atoms with Gasteiger partial charge >= 0.3 is 0 Å². The van der Waals surface area contributed by atoms with Crippen LogP contribution in [-0.4, -0.2) is 27.5 Å². The Labute approximate surface area is 149 Å². The fourth-order valence-electron chi connectivity index (χ4n) is 3.00. The van der Waals surface area contributed by atoms with Gasteiger partial charge in [-0.1, -0.05) is 0 Å². The van der Waals surface area contributed by atoms with Gasteiger partial charge in [0.25, 0.3) is 0 Å². The van der Waals surface area contributed by atoms with E-state index in [0.29, 0.717) is 12.3 Å². The number of imidazole rings is 1. The molecule has 3 atom stereocenters. The maximum Gasteiger partial charge on any atom is 0.224 e. The highest BCUT2D eigenvalue weighted by molar-refractivity contribution is 7.13.